The summed E-state index contributed by atoms with van der Waals surface area (Å²) in [5.41, 5.74) is 1.30. The molecule has 0 fully saturated rings. The average molecular weight is 446 g/mol. The predicted molar refractivity (Wildman–Crippen MR) is 111 cm³/mol. The van der Waals surface area contributed by atoms with E-state index in [1.807, 2.05) is 0 Å². The number of fused-ring (bicyclic) bond motifs is 1. The standard InChI is InChI=1S/C19H15FN4O4S2/c20-12-3-1-11(2-4-12)7-16(25)22-18-23-24-19(30-18)29-9-17(26)21-13-5-6-14-15(8-13)28-10-27-14/h1-6,8H,7,9-10H2,(H,21,26)(H,22,23,25). The quantitative estimate of drug-likeness (QED) is 0.424. The van der Waals surface area contributed by atoms with Gasteiger partial charge in [0.2, 0.25) is 23.7 Å². The Morgan fingerprint density at radius 3 is 2.67 bits per heavy atom. The van der Waals surface area contributed by atoms with Gasteiger partial charge in [-0.2, -0.15) is 0 Å². The summed E-state index contributed by atoms with van der Waals surface area (Å²) in [6.07, 6.45) is 0.0975. The van der Waals surface area contributed by atoms with Gasteiger partial charge in [-0.15, -0.1) is 10.2 Å². The number of anilines is 2. The molecule has 154 valence electrons. The summed E-state index contributed by atoms with van der Waals surface area (Å²) < 4.78 is 24.0. The molecule has 2 aromatic carbocycles. The maximum Gasteiger partial charge on any atom is 0.234 e. The molecule has 0 saturated carbocycles. The summed E-state index contributed by atoms with van der Waals surface area (Å²) in [7, 11) is 0. The molecule has 1 aromatic heterocycles. The van der Waals surface area contributed by atoms with E-state index in [1.165, 1.54) is 35.2 Å². The molecule has 0 radical (unpaired) electrons. The smallest absolute Gasteiger partial charge is 0.234 e. The van der Waals surface area contributed by atoms with Crippen LogP contribution in [0.5, 0.6) is 11.5 Å². The Morgan fingerprint density at radius 2 is 1.83 bits per heavy atom. The lowest BCUT2D eigenvalue weighted by atomic mass is 10.1. The van der Waals surface area contributed by atoms with Gasteiger partial charge in [0.15, 0.2) is 15.8 Å². The summed E-state index contributed by atoms with van der Waals surface area (Å²) in [5.74, 6) is 0.515. The number of carbonyl (C=O) groups is 2. The molecule has 2 N–H and O–H groups in total. The highest BCUT2D eigenvalue weighted by Gasteiger charge is 2.15. The van der Waals surface area contributed by atoms with Gasteiger partial charge in [-0.3, -0.25) is 9.59 Å². The number of nitrogens with one attached hydrogen (secondary N) is 2. The van der Waals surface area contributed by atoms with E-state index >= 15 is 0 Å². The van der Waals surface area contributed by atoms with Gasteiger partial charge >= 0.3 is 0 Å². The molecule has 11 heteroatoms. The van der Waals surface area contributed by atoms with Crippen LogP contribution in [0.4, 0.5) is 15.2 Å². The predicted octanol–water partition coefficient (Wildman–Crippen LogP) is 3.32. The van der Waals surface area contributed by atoms with Crippen LogP contribution in [-0.4, -0.2) is 34.6 Å². The summed E-state index contributed by atoms with van der Waals surface area (Å²) in [4.78, 5) is 24.2. The van der Waals surface area contributed by atoms with Crippen molar-refractivity contribution in [2.24, 2.45) is 0 Å². The number of halogens is 1. The Kier molecular flexibility index (Phi) is 6.10. The van der Waals surface area contributed by atoms with Gasteiger partial charge in [-0.25, -0.2) is 4.39 Å². The Balaban J connectivity index is 1.24. The van der Waals surface area contributed by atoms with Crippen LogP contribution in [0.15, 0.2) is 46.8 Å². The molecular weight excluding hydrogens is 431 g/mol. The van der Waals surface area contributed by atoms with E-state index in [0.717, 1.165) is 0 Å². The number of hydrogen-bond donors (Lipinski definition) is 2. The first kappa shape index (κ1) is 20.1. The van der Waals surface area contributed by atoms with E-state index in [-0.39, 0.29) is 36.6 Å². The minimum absolute atomic E-state index is 0.0975. The lowest BCUT2D eigenvalue weighted by molar-refractivity contribution is -0.115. The van der Waals surface area contributed by atoms with E-state index in [1.54, 1.807) is 30.3 Å². The number of rotatable bonds is 7. The molecule has 0 aliphatic carbocycles. The van der Waals surface area contributed by atoms with Crippen molar-refractivity contribution in [3.63, 3.8) is 0 Å². The fraction of sp³-hybridized carbons (Fsp3) is 0.158. The van der Waals surface area contributed by atoms with Crippen molar-refractivity contribution in [1.82, 2.24) is 10.2 Å². The third-order valence-electron chi connectivity index (χ3n) is 3.91. The van der Waals surface area contributed by atoms with Crippen molar-refractivity contribution in [3.05, 3.63) is 53.8 Å². The molecule has 0 unspecified atom stereocenters. The van der Waals surface area contributed by atoms with Crippen LogP contribution in [0.3, 0.4) is 0 Å². The Morgan fingerprint density at radius 1 is 1.03 bits per heavy atom. The van der Waals surface area contributed by atoms with Crippen LogP contribution in [0, 0.1) is 5.82 Å². The Hall–Kier alpha value is -3.18. The first-order valence-corrected chi connectivity index (χ1v) is 10.6. The molecule has 2 heterocycles. The van der Waals surface area contributed by atoms with E-state index in [9.17, 15) is 14.0 Å². The number of aromatic nitrogens is 2. The maximum atomic E-state index is 12.9. The number of thioether (sulfide) groups is 1. The monoisotopic (exact) mass is 446 g/mol. The zero-order chi connectivity index (χ0) is 20.9. The van der Waals surface area contributed by atoms with E-state index < -0.39 is 0 Å². The molecule has 30 heavy (non-hydrogen) atoms. The minimum atomic E-state index is -0.354. The SMILES string of the molecule is O=C(CSc1nnc(NC(=O)Cc2ccc(F)cc2)s1)Nc1ccc2c(c1)OCO2. The van der Waals surface area contributed by atoms with Gasteiger partial charge in [0.05, 0.1) is 12.2 Å². The van der Waals surface area contributed by atoms with E-state index in [4.69, 9.17) is 9.47 Å². The number of nitrogens with zero attached hydrogens (tertiary/aromatic N) is 2. The second-order valence-electron chi connectivity index (χ2n) is 6.13. The lowest BCUT2D eigenvalue weighted by Gasteiger charge is -2.05. The Bertz CT molecular complexity index is 1070. The summed E-state index contributed by atoms with van der Waals surface area (Å²) in [5, 5.41) is 13.6. The second kappa shape index (κ2) is 9.09. The Labute approximate surface area is 178 Å². The van der Waals surface area contributed by atoms with Crippen LogP contribution in [0.1, 0.15) is 5.56 Å². The molecule has 1 aliphatic heterocycles. The zero-order valence-electron chi connectivity index (χ0n) is 15.4. The van der Waals surface area contributed by atoms with Crippen LogP contribution in [-0.2, 0) is 16.0 Å². The number of ether oxygens (including phenoxy) is 2. The third kappa shape index (κ3) is 5.24. The normalized spacial score (nSPS) is 11.9. The molecule has 0 bridgehead atoms. The number of benzene rings is 2. The molecule has 1 aliphatic rings. The van der Waals surface area contributed by atoms with Gasteiger partial charge < -0.3 is 20.1 Å². The summed E-state index contributed by atoms with van der Waals surface area (Å²) >= 11 is 2.38. The van der Waals surface area contributed by atoms with Gasteiger partial charge in [0.1, 0.15) is 5.82 Å². The second-order valence-corrected chi connectivity index (χ2v) is 8.33. The van der Waals surface area contributed by atoms with Gasteiger partial charge in [-0.05, 0) is 29.8 Å². The first-order chi connectivity index (χ1) is 14.5. The van der Waals surface area contributed by atoms with Crippen molar-refractivity contribution < 1.29 is 23.5 Å². The number of hydrogen-bond acceptors (Lipinski definition) is 8. The van der Waals surface area contributed by atoms with Crippen molar-refractivity contribution in [3.8, 4) is 11.5 Å². The van der Waals surface area contributed by atoms with Crippen molar-refractivity contribution in [1.29, 1.82) is 0 Å². The van der Waals surface area contributed by atoms with E-state index in [0.29, 0.717) is 32.2 Å². The molecule has 8 nitrogen and oxygen atoms in total. The maximum absolute atomic E-state index is 12.9. The average Bonchev–Trinajstić information content (AvgIpc) is 3.37. The number of carbonyl (C=O) groups excluding carboxylic acids is 2. The van der Waals surface area contributed by atoms with Gasteiger partial charge in [-0.1, -0.05) is 35.2 Å². The molecule has 0 saturated heterocycles. The highest BCUT2D eigenvalue weighted by Crippen LogP contribution is 2.34. The van der Waals surface area contributed by atoms with E-state index in [2.05, 4.69) is 20.8 Å². The molecule has 0 spiro atoms. The van der Waals surface area contributed by atoms with Crippen LogP contribution >= 0.6 is 23.1 Å². The topological polar surface area (TPSA) is 102 Å². The van der Waals surface area contributed by atoms with Crippen LogP contribution in [0.25, 0.3) is 0 Å². The molecule has 4 rings (SSSR count). The van der Waals surface area contributed by atoms with Gasteiger partial charge in [0.25, 0.3) is 0 Å². The zero-order valence-corrected chi connectivity index (χ0v) is 17.0. The summed E-state index contributed by atoms with van der Waals surface area (Å²) in [6, 6.07) is 10.9. The molecular formula is C19H15FN4O4S2. The number of amides is 2. The van der Waals surface area contributed by atoms with Crippen LogP contribution < -0.4 is 20.1 Å². The molecule has 0 atom stereocenters. The minimum Gasteiger partial charge on any atom is -0.454 e. The lowest BCUT2D eigenvalue weighted by Crippen LogP contribution is -2.14. The van der Waals surface area contributed by atoms with Crippen molar-refractivity contribution in [2.45, 2.75) is 10.8 Å². The fourth-order valence-corrected chi connectivity index (χ4v) is 4.14. The molecule has 2 amide bonds. The van der Waals surface area contributed by atoms with Gasteiger partial charge in [0, 0.05) is 11.8 Å². The van der Waals surface area contributed by atoms with Crippen molar-refractivity contribution >= 4 is 45.7 Å². The van der Waals surface area contributed by atoms with Crippen LogP contribution in [0.2, 0.25) is 0 Å². The largest absolute Gasteiger partial charge is 0.454 e. The highest BCUT2D eigenvalue weighted by molar-refractivity contribution is 8.01. The first-order valence-electron chi connectivity index (χ1n) is 8.75. The third-order valence-corrected chi connectivity index (χ3v) is 5.89. The van der Waals surface area contributed by atoms with Crippen molar-refractivity contribution in [2.75, 3.05) is 23.2 Å². The highest BCUT2D eigenvalue weighted by atomic mass is 32.2. The summed E-state index contributed by atoms with van der Waals surface area (Å²) in [6.45, 7) is 0.169. The fourth-order valence-electron chi connectivity index (χ4n) is 2.57. The molecule has 3 aromatic rings.